The average molecular weight is 1530 g/mol. The van der Waals surface area contributed by atoms with Gasteiger partial charge in [0.1, 0.15) is 110 Å². The van der Waals surface area contributed by atoms with Crippen LogP contribution in [0.5, 0.6) is 0 Å². The van der Waals surface area contributed by atoms with Gasteiger partial charge in [0.15, 0.2) is 49.9 Å². The summed E-state index contributed by atoms with van der Waals surface area (Å²) in [4.78, 5) is 42.2. The van der Waals surface area contributed by atoms with Crippen LogP contribution in [0.2, 0.25) is 0 Å². The van der Waals surface area contributed by atoms with Gasteiger partial charge in [0.25, 0.3) is 0 Å². The van der Waals surface area contributed by atoms with Crippen molar-refractivity contribution in [2.45, 2.75) is 304 Å². The minimum absolute atomic E-state index is 0.0823. The van der Waals surface area contributed by atoms with Crippen molar-refractivity contribution < 1.29 is 158 Å². The van der Waals surface area contributed by atoms with Crippen LogP contribution in [0, 0.1) is 50.2 Å². The molecule has 2 aromatic carbocycles. The molecule has 5 aliphatic carbocycles. The Morgan fingerprint density at radius 1 is 0.500 bits per heavy atom. The molecule has 604 valence electrons. The predicted octanol–water partition coefficient (Wildman–Crippen LogP) is -0.990. The molecule has 0 aromatic heterocycles. The van der Waals surface area contributed by atoms with E-state index in [2.05, 4.69) is 20.8 Å². The molecular weight excluding hydrogens is 1420 g/mol. The number of esters is 2. The van der Waals surface area contributed by atoms with Gasteiger partial charge in [-0.25, -0.2) is 14.4 Å². The van der Waals surface area contributed by atoms with Gasteiger partial charge in [-0.3, -0.25) is 0 Å². The van der Waals surface area contributed by atoms with E-state index in [-0.39, 0.29) is 36.7 Å². The highest BCUT2D eigenvalue weighted by Crippen LogP contribution is 2.82. The van der Waals surface area contributed by atoms with Crippen LogP contribution in [0.3, 0.4) is 0 Å². The van der Waals surface area contributed by atoms with Gasteiger partial charge < -0.3 is 143 Å². The van der Waals surface area contributed by atoms with E-state index >= 15 is 0 Å². The number of carbonyl (C=O) groups excluding carboxylic acids is 2. The van der Waals surface area contributed by atoms with Crippen LogP contribution in [-0.4, -0.2) is 303 Å². The van der Waals surface area contributed by atoms with Crippen LogP contribution in [-0.2, 0) is 71.2 Å². The molecule has 6 aliphatic heterocycles. The Hall–Kier alpha value is -4.45. The molecule has 6 heterocycles. The van der Waals surface area contributed by atoms with Crippen LogP contribution in [0.25, 0.3) is 6.08 Å². The zero-order valence-electron chi connectivity index (χ0n) is 61.7. The fourth-order valence-electron chi connectivity index (χ4n) is 21.6. The molecule has 0 radical (unpaired) electrons. The summed E-state index contributed by atoms with van der Waals surface area (Å²) in [6, 6.07) is 17.5. The highest BCUT2D eigenvalue weighted by Gasteiger charge is 2.86. The van der Waals surface area contributed by atoms with E-state index in [4.69, 9.17) is 61.6 Å². The third-order valence-electron chi connectivity index (χ3n) is 27.5. The number of aliphatic hydroxyl groups excluding tert-OH is 15. The van der Waals surface area contributed by atoms with E-state index < -0.39 is 259 Å². The molecule has 5 saturated carbocycles. The molecule has 32 nitrogen and oxygen atoms in total. The minimum Gasteiger partial charge on any atom is -0.479 e. The molecule has 1 spiro atoms. The Bertz CT molecular complexity index is 3520. The number of hydrogen-bond donors (Lipinski definition) is 16. The number of aliphatic hydroxyl groups is 15. The fourth-order valence-corrected chi connectivity index (χ4v) is 21.6. The van der Waals surface area contributed by atoms with Crippen molar-refractivity contribution in [2.24, 2.45) is 50.2 Å². The normalized spacial score (nSPS) is 50.3. The lowest BCUT2D eigenvalue weighted by Crippen LogP contribution is -2.77. The van der Waals surface area contributed by atoms with Gasteiger partial charge in [-0.1, -0.05) is 97.0 Å². The molecule has 11 aliphatic rings. The van der Waals surface area contributed by atoms with Gasteiger partial charge in [-0.15, -0.1) is 0 Å². The molecule has 11 fully saturated rings. The molecule has 108 heavy (non-hydrogen) atoms. The van der Waals surface area contributed by atoms with Crippen molar-refractivity contribution >= 4 is 24.0 Å². The number of carboxylic acids is 1. The molecule has 13 rings (SSSR count). The summed E-state index contributed by atoms with van der Waals surface area (Å²) in [5.74, 6) is -4.27. The first kappa shape index (κ1) is 81.6. The molecule has 2 aromatic rings. The third-order valence-corrected chi connectivity index (χ3v) is 27.5. The standard InChI is InChI=1S/C76H108O32/c1-32-44(81)48(85)52(89)64(96-32)104-57-50(87)45(82)33(2)97-66(57)105-58-51(88)47(84)37(31-78)99-67(58)102-55-54(91)56(62(92)93)103-68(59(55)106-65-53(90)49(86)46(83)36(30-77)98-65)100-42-24-25-72(7)38(71(42,5)6)22-26-73(8)39(72)23-27-75-40-28-70(3,4)60(107-63(94)35-18-14-11-15-19-35)61(101-43(80)21-20-34-16-12-10-13-17-34)76(40,69(95)108-75)41(79)29-74(73,75)9/h10-21,32-33,36-42,44-61,64-69,77-79,81-91,95H,22-31H2,1-9H3,(H,92,93)/b21-20-/t32-,33-,36?,37?,38?,39?,40?,41+,42-,44-,45?,46+,47-,48?,49?,50-,51?,52-,53-,54-,55?,56?,57?,58-,59-,60-,61-,64?,65-,66?,67-,68+,69-,72-,73+,74-,75-,76+/m0/s1. The maximum absolute atomic E-state index is 14.4. The van der Waals surface area contributed by atoms with E-state index in [0.717, 1.165) is 0 Å². The second kappa shape index (κ2) is 30.4. The smallest absolute Gasteiger partial charge is 0.338 e. The first-order chi connectivity index (χ1) is 50.9. The summed E-state index contributed by atoms with van der Waals surface area (Å²) in [5.41, 5.74) is -5.88. The van der Waals surface area contributed by atoms with Crippen LogP contribution in [0.15, 0.2) is 66.7 Å². The number of rotatable bonds is 18. The number of hydrogen-bond acceptors (Lipinski definition) is 31. The maximum Gasteiger partial charge on any atom is 0.338 e. The Morgan fingerprint density at radius 2 is 1.02 bits per heavy atom. The zero-order chi connectivity index (χ0) is 78.2. The van der Waals surface area contributed by atoms with Crippen molar-refractivity contribution in [1.82, 2.24) is 0 Å². The van der Waals surface area contributed by atoms with Gasteiger partial charge in [0.05, 0.1) is 54.2 Å². The lowest BCUT2D eigenvalue weighted by atomic mass is 9.30. The van der Waals surface area contributed by atoms with E-state index in [1.807, 2.05) is 58.0 Å². The molecular formula is C76H108O32. The highest BCUT2D eigenvalue weighted by molar-refractivity contribution is 5.90. The molecule has 2 bridgehead atoms. The maximum atomic E-state index is 14.4. The van der Waals surface area contributed by atoms with Gasteiger partial charge in [0.2, 0.25) is 0 Å². The first-order valence-corrected chi connectivity index (χ1v) is 37.6. The number of carboxylic acid groups (broad SMARTS) is 1. The van der Waals surface area contributed by atoms with Gasteiger partial charge in [-0.2, -0.15) is 0 Å². The van der Waals surface area contributed by atoms with E-state index in [0.29, 0.717) is 37.7 Å². The van der Waals surface area contributed by atoms with E-state index in [1.165, 1.54) is 19.9 Å². The molecule has 38 atom stereocenters. The fraction of sp³-hybridized carbons (Fsp3) is 0.776. The summed E-state index contributed by atoms with van der Waals surface area (Å²) >= 11 is 0. The summed E-state index contributed by atoms with van der Waals surface area (Å²) in [6.07, 6.45) is -49.2. The summed E-state index contributed by atoms with van der Waals surface area (Å²) in [7, 11) is 0. The van der Waals surface area contributed by atoms with Crippen LogP contribution in [0.1, 0.15) is 130 Å². The minimum atomic E-state index is -2.38. The molecule has 6 saturated heterocycles. The summed E-state index contributed by atoms with van der Waals surface area (Å²) in [5, 5.41) is 183. The number of aliphatic carboxylic acids is 1. The third kappa shape index (κ3) is 13.3. The molecule has 16 N–H and O–H groups in total. The Balaban J connectivity index is 0.808. The van der Waals surface area contributed by atoms with Crippen LogP contribution >= 0.6 is 0 Å². The van der Waals surface area contributed by atoms with Gasteiger partial charge >= 0.3 is 17.9 Å². The summed E-state index contributed by atoms with van der Waals surface area (Å²) in [6.45, 7) is 15.1. The SMILES string of the molecule is C[C@@H]1OC(O[C@H]2C(O)[C@@H](O)C(CO)O[C@H]2OC2[C@H](O)C(C(=O)O)O[C@@H](O[C@H]3CC[C@@]4(C)C(CC[C@]5(C)C4CC[C@]46O[C@H](O)[C@]7(C4CC(C)(C)[C@@H](OC(=O)c4ccccc4)[C@@H]7OC(=O)/C=C\c4ccccc4)[C@H](O)C[C@]65C)C3(C)C)[C@H]2O[C@@H]2OC(CO)[C@@H](O)C(O)[C@@H]2O)C(OC2O[C@@H](C)[C@H](O)C(O)[C@@H]2O)[C@@H](O)C1O. The molecule has 0 amide bonds. The lowest BCUT2D eigenvalue weighted by molar-refractivity contribution is -0.412. The monoisotopic (exact) mass is 1530 g/mol. The topological polar surface area (TPSA) is 495 Å². The van der Waals surface area contributed by atoms with Crippen molar-refractivity contribution in [3.63, 3.8) is 0 Å². The second-order valence-corrected chi connectivity index (χ2v) is 34.0. The highest BCUT2D eigenvalue weighted by atomic mass is 16.8. The predicted molar refractivity (Wildman–Crippen MR) is 365 cm³/mol. The Kier molecular flexibility index (Phi) is 22.9. The lowest BCUT2D eigenvalue weighted by Gasteiger charge is -2.75. The van der Waals surface area contributed by atoms with Gasteiger partial charge in [-0.05, 0) is 117 Å². The zero-order valence-corrected chi connectivity index (χ0v) is 61.7. The van der Waals surface area contributed by atoms with Crippen molar-refractivity contribution in [1.29, 1.82) is 0 Å². The van der Waals surface area contributed by atoms with E-state index in [9.17, 15) is 96.1 Å². The average Bonchev–Trinajstić information content (AvgIpc) is 1.41. The first-order valence-electron chi connectivity index (χ1n) is 37.6. The van der Waals surface area contributed by atoms with Crippen LogP contribution in [0.4, 0.5) is 0 Å². The van der Waals surface area contributed by atoms with Crippen molar-refractivity contribution in [2.75, 3.05) is 13.2 Å². The Labute approximate surface area is 624 Å². The number of benzene rings is 2. The summed E-state index contributed by atoms with van der Waals surface area (Å²) < 4.78 is 82.4. The number of carbonyl (C=O) groups is 3. The number of fused-ring (bicyclic) bond motifs is 4. The van der Waals surface area contributed by atoms with E-state index in [1.54, 1.807) is 36.4 Å². The quantitative estimate of drug-likeness (QED) is 0.0484. The second-order valence-electron chi connectivity index (χ2n) is 34.0. The van der Waals surface area contributed by atoms with Crippen molar-refractivity contribution in [3.05, 3.63) is 77.9 Å². The van der Waals surface area contributed by atoms with Crippen molar-refractivity contribution in [3.8, 4) is 0 Å². The Morgan fingerprint density at radius 3 is 1.65 bits per heavy atom. The van der Waals surface area contributed by atoms with Gasteiger partial charge in [0, 0.05) is 22.8 Å². The largest absolute Gasteiger partial charge is 0.479 e. The number of ether oxygens (including phenoxy) is 13. The van der Waals surface area contributed by atoms with Crippen LogP contribution < -0.4 is 0 Å². The molecule has 14 unspecified atom stereocenters. The molecule has 32 heteroatoms.